The summed E-state index contributed by atoms with van der Waals surface area (Å²) >= 11 is 7.63. The van der Waals surface area contributed by atoms with E-state index in [1.165, 1.54) is 0 Å². The second-order valence-electron chi connectivity index (χ2n) is 4.29. The summed E-state index contributed by atoms with van der Waals surface area (Å²) in [7, 11) is -3.40. The number of nitrogens with zero attached hydrogens (tertiary/aromatic N) is 1. The Bertz CT molecular complexity index is 519. The third kappa shape index (κ3) is 2.85. The SMILES string of the molecule is CC1CN(S(=O)(=O)c2ccccc2CCl)CCS1. The van der Waals surface area contributed by atoms with Crippen molar-refractivity contribution >= 4 is 33.4 Å². The van der Waals surface area contributed by atoms with Crippen molar-refractivity contribution in [3.05, 3.63) is 29.8 Å². The molecular weight excluding hydrogens is 290 g/mol. The van der Waals surface area contributed by atoms with E-state index >= 15 is 0 Å². The number of hydrogen-bond donors (Lipinski definition) is 0. The molecule has 1 aliphatic rings. The van der Waals surface area contributed by atoms with Gasteiger partial charge in [0, 0.05) is 30.0 Å². The molecule has 1 aromatic rings. The minimum atomic E-state index is -3.40. The minimum absolute atomic E-state index is 0.216. The Morgan fingerprint density at radius 3 is 2.83 bits per heavy atom. The van der Waals surface area contributed by atoms with Crippen molar-refractivity contribution in [2.24, 2.45) is 0 Å². The number of thioether (sulfide) groups is 1. The van der Waals surface area contributed by atoms with E-state index in [9.17, 15) is 8.42 Å². The van der Waals surface area contributed by atoms with Crippen molar-refractivity contribution in [3.8, 4) is 0 Å². The maximum Gasteiger partial charge on any atom is 0.243 e. The Labute approximate surface area is 118 Å². The van der Waals surface area contributed by atoms with Gasteiger partial charge in [-0.1, -0.05) is 25.1 Å². The first kappa shape index (κ1) is 14.2. The predicted octanol–water partition coefficient (Wildman–Crippen LogP) is 2.55. The molecule has 1 aliphatic heterocycles. The molecule has 0 radical (unpaired) electrons. The molecule has 1 atom stereocenters. The number of benzene rings is 1. The summed E-state index contributed by atoms with van der Waals surface area (Å²) in [6, 6.07) is 6.96. The molecule has 0 spiro atoms. The highest BCUT2D eigenvalue weighted by Crippen LogP contribution is 2.26. The fraction of sp³-hybridized carbons (Fsp3) is 0.500. The van der Waals surface area contributed by atoms with Crippen LogP contribution in [0.5, 0.6) is 0 Å². The summed E-state index contributed by atoms with van der Waals surface area (Å²) in [5.74, 6) is 1.07. The summed E-state index contributed by atoms with van der Waals surface area (Å²) in [6.07, 6.45) is 0. The van der Waals surface area contributed by atoms with E-state index in [2.05, 4.69) is 6.92 Å². The molecule has 0 saturated carbocycles. The molecule has 1 aromatic carbocycles. The van der Waals surface area contributed by atoms with E-state index in [1.54, 1.807) is 22.5 Å². The molecule has 0 N–H and O–H groups in total. The lowest BCUT2D eigenvalue weighted by Crippen LogP contribution is -2.41. The van der Waals surface area contributed by atoms with Crippen LogP contribution in [0.25, 0.3) is 0 Å². The van der Waals surface area contributed by atoms with Gasteiger partial charge < -0.3 is 0 Å². The monoisotopic (exact) mass is 305 g/mol. The van der Waals surface area contributed by atoms with Crippen LogP contribution in [0.2, 0.25) is 0 Å². The highest BCUT2D eigenvalue weighted by molar-refractivity contribution is 8.00. The van der Waals surface area contributed by atoms with Gasteiger partial charge in [0.15, 0.2) is 0 Å². The fourth-order valence-electron chi connectivity index (χ4n) is 2.01. The van der Waals surface area contributed by atoms with Gasteiger partial charge in [-0.15, -0.1) is 11.6 Å². The molecule has 1 unspecified atom stereocenters. The fourth-order valence-corrected chi connectivity index (χ4v) is 5.30. The molecule has 0 aliphatic carbocycles. The smallest absolute Gasteiger partial charge is 0.207 e. The normalized spacial score (nSPS) is 22.0. The third-order valence-electron chi connectivity index (χ3n) is 2.94. The maximum absolute atomic E-state index is 12.6. The summed E-state index contributed by atoms with van der Waals surface area (Å²) < 4.78 is 26.7. The van der Waals surface area contributed by atoms with Crippen LogP contribution in [0.4, 0.5) is 0 Å². The van der Waals surface area contributed by atoms with Crippen molar-refractivity contribution in [1.82, 2.24) is 4.31 Å². The van der Waals surface area contributed by atoms with Crippen molar-refractivity contribution in [1.29, 1.82) is 0 Å². The lowest BCUT2D eigenvalue weighted by molar-refractivity contribution is 0.424. The molecule has 100 valence electrons. The molecule has 3 nitrogen and oxygen atoms in total. The van der Waals surface area contributed by atoms with Crippen LogP contribution in [-0.4, -0.2) is 36.8 Å². The minimum Gasteiger partial charge on any atom is -0.207 e. The number of rotatable bonds is 3. The maximum atomic E-state index is 12.6. The van der Waals surface area contributed by atoms with Crippen LogP contribution < -0.4 is 0 Å². The van der Waals surface area contributed by atoms with E-state index in [1.807, 2.05) is 17.8 Å². The van der Waals surface area contributed by atoms with Crippen LogP contribution in [0.1, 0.15) is 12.5 Å². The zero-order valence-corrected chi connectivity index (χ0v) is 12.6. The first-order valence-corrected chi connectivity index (χ1v) is 8.83. The second kappa shape index (κ2) is 5.82. The van der Waals surface area contributed by atoms with Crippen LogP contribution in [0, 0.1) is 0 Å². The van der Waals surface area contributed by atoms with Crippen LogP contribution in [0.15, 0.2) is 29.2 Å². The second-order valence-corrected chi connectivity index (χ2v) is 8.01. The summed E-state index contributed by atoms with van der Waals surface area (Å²) in [4.78, 5) is 0.346. The zero-order chi connectivity index (χ0) is 13.2. The molecule has 6 heteroatoms. The van der Waals surface area contributed by atoms with E-state index in [0.29, 0.717) is 28.8 Å². The molecule has 18 heavy (non-hydrogen) atoms. The standard InChI is InChI=1S/C12H16ClNO2S2/c1-10-9-14(6-7-17-10)18(15,16)12-5-3-2-4-11(12)8-13/h2-5,10H,6-9H2,1H3. The molecule has 1 fully saturated rings. The van der Waals surface area contributed by atoms with E-state index in [-0.39, 0.29) is 5.88 Å². The van der Waals surface area contributed by atoms with Crippen LogP contribution >= 0.6 is 23.4 Å². The number of sulfonamides is 1. The summed E-state index contributed by atoms with van der Waals surface area (Å²) in [5.41, 5.74) is 0.671. The highest BCUT2D eigenvalue weighted by Gasteiger charge is 2.30. The van der Waals surface area contributed by atoms with Crippen LogP contribution in [0.3, 0.4) is 0 Å². The van der Waals surface area contributed by atoms with Crippen molar-refractivity contribution in [3.63, 3.8) is 0 Å². The molecule has 0 amide bonds. The topological polar surface area (TPSA) is 37.4 Å². The number of alkyl halides is 1. The van der Waals surface area contributed by atoms with Crippen molar-refractivity contribution in [2.45, 2.75) is 22.9 Å². The van der Waals surface area contributed by atoms with Crippen molar-refractivity contribution in [2.75, 3.05) is 18.8 Å². The number of halogens is 1. The van der Waals surface area contributed by atoms with Crippen LogP contribution in [-0.2, 0) is 15.9 Å². The van der Waals surface area contributed by atoms with Gasteiger partial charge in [-0.2, -0.15) is 16.1 Å². The average molecular weight is 306 g/mol. The highest BCUT2D eigenvalue weighted by atomic mass is 35.5. The van der Waals surface area contributed by atoms with Gasteiger partial charge >= 0.3 is 0 Å². The zero-order valence-electron chi connectivity index (χ0n) is 10.2. The van der Waals surface area contributed by atoms with E-state index in [0.717, 1.165) is 5.75 Å². The van der Waals surface area contributed by atoms with Gasteiger partial charge in [0.2, 0.25) is 10.0 Å². The van der Waals surface area contributed by atoms with E-state index in [4.69, 9.17) is 11.6 Å². The average Bonchev–Trinajstić information content (AvgIpc) is 2.38. The Morgan fingerprint density at radius 1 is 1.44 bits per heavy atom. The Balaban J connectivity index is 2.35. The molecule has 0 aromatic heterocycles. The van der Waals surface area contributed by atoms with Gasteiger partial charge in [0.1, 0.15) is 0 Å². The Kier molecular flexibility index (Phi) is 4.59. The number of hydrogen-bond acceptors (Lipinski definition) is 3. The lowest BCUT2D eigenvalue weighted by Gasteiger charge is -2.30. The first-order valence-electron chi connectivity index (χ1n) is 5.81. The van der Waals surface area contributed by atoms with Gasteiger partial charge in [0.25, 0.3) is 0 Å². The summed E-state index contributed by atoms with van der Waals surface area (Å²) in [5, 5.41) is 0.344. The van der Waals surface area contributed by atoms with Gasteiger partial charge in [-0.3, -0.25) is 0 Å². The quantitative estimate of drug-likeness (QED) is 0.805. The molecule has 0 bridgehead atoms. The molecule has 1 saturated heterocycles. The molecule has 1 heterocycles. The molecular formula is C12H16ClNO2S2. The third-order valence-corrected chi connectivity index (χ3v) is 6.33. The van der Waals surface area contributed by atoms with Crippen molar-refractivity contribution < 1.29 is 8.42 Å². The first-order chi connectivity index (χ1) is 8.55. The Hall–Kier alpha value is -0.230. The summed E-state index contributed by atoms with van der Waals surface area (Å²) in [6.45, 7) is 3.21. The van der Waals surface area contributed by atoms with E-state index < -0.39 is 10.0 Å². The Morgan fingerprint density at radius 2 is 2.17 bits per heavy atom. The molecule has 2 rings (SSSR count). The van der Waals surface area contributed by atoms with Gasteiger partial charge in [0.05, 0.1) is 4.90 Å². The predicted molar refractivity (Wildman–Crippen MR) is 76.7 cm³/mol. The van der Waals surface area contributed by atoms with Gasteiger partial charge in [-0.05, 0) is 11.6 Å². The lowest BCUT2D eigenvalue weighted by atomic mass is 10.2. The largest absolute Gasteiger partial charge is 0.243 e. The van der Waals surface area contributed by atoms with Gasteiger partial charge in [-0.25, -0.2) is 8.42 Å².